The molecule has 0 aliphatic carbocycles. The molecular formula is C21H25NO3. The molecule has 0 saturated carbocycles. The third-order valence-corrected chi connectivity index (χ3v) is 3.79. The number of carbonyl (C=O) groups excluding carboxylic acids is 1. The number of rotatable bonds is 9. The lowest BCUT2D eigenvalue weighted by atomic mass is 10.1. The summed E-state index contributed by atoms with van der Waals surface area (Å²) in [6.07, 6.45) is 3.84. The molecule has 25 heavy (non-hydrogen) atoms. The first-order chi connectivity index (χ1) is 12.2. The first kappa shape index (κ1) is 18.7. The molecule has 0 heterocycles. The van der Waals surface area contributed by atoms with E-state index in [-0.39, 0.29) is 12.0 Å². The van der Waals surface area contributed by atoms with Crippen LogP contribution in [0, 0.1) is 0 Å². The summed E-state index contributed by atoms with van der Waals surface area (Å²) in [5.41, 5.74) is 2.34. The third-order valence-electron chi connectivity index (χ3n) is 3.79. The average molecular weight is 339 g/mol. The standard InChI is InChI=1S/C21H25NO3/c1-17(22-15-14-18-6-4-3-5-7-18)16-25-20-11-8-19(9-12-20)10-13-21(23)24-2/h3-9,11-12,15,17H,10,13-14,16H2,1-2H3. The van der Waals surface area contributed by atoms with Crippen molar-refractivity contribution >= 4 is 12.2 Å². The molecule has 4 nitrogen and oxygen atoms in total. The van der Waals surface area contributed by atoms with Crippen LogP contribution in [0.2, 0.25) is 0 Å². The molecule has 0 bridgehead atoms. The summed E-state index contributed by atoms with van der Waals surface area (Å²) >= 11 is 0. The van der Waals surface area contributed by atoms with Gasteiger partial charge in [-0.05, 0) is 36.6 Å². The smallest absolute Gasteiger partial charge is 0.305 e. The number of hydrogen-bond donors (Lipinski definition) is 0. The minimum absolute atomic E-state index is 0.0997. The van der Waals surface area contributed by atoms with Crippen molar-refractivity contribution in [2.75, 3.05) is 13.7 Å². The van der Waals surface area contributed by atoms with E-state index in [1.54, 1.807) is 0 Å². The zero-order chi connectivity index (χ0) is 17.9. The third kappa shape index (κ3) is 7.21. The molecule has 4 heteroatoms. The minimum Gasteiger partial charge on any atom is -0.491 e. The second kappa shape index (κ2) is 10.3. The molecule has 0 aliphatic heterocycles. The zero-order valence-corrected chi connectivity index (χ0v) is 14.9. The van der Waals surface area contributed by atoms with Gasteiger partial charge in [0, 0.05) is 19.1 Å². The van der Waals surface area contributed by atoms with Crippen LogP contribution in [0.4, 0.5) is 0 Å². The number of aryl methyl sites for hydroxylation is 1. The first-order valence-corrected chi connectivity index (χ1v) is 8.51. The molecule has 1 atom stereocenters. The van der Waals surface area contributed by atoms with Crippen LogP contribution in [0.1, 0.15) is 24.5 Å². The molecule has 132 valence electrons. The molecule has 0 saturated heterocycles. The van der Waals surface area contributed by atoms with Gasteiger partial charge >= 0.3 is 5.97 Å². The molecule has 0 N–H and O–H groups in total. The molecule has 0 fully saturated rings. The summed E-state index contributed by atoms with van der Waals surface area (Å²) in [5.74, 6) is 0.620. The van der Waals surface area contributed by atoms with E-state index in [2.05, 4.69) is 21.9 Å². The van der Waals surface area contributed by atoms with Crippen LogP contribution < -0.4 is 4.74 Å². The predicted molar refractivity (Wildman–Crippen MR) is 100 cm³/mol. The Balaban J connectivity index is 1.72. The number of ether oxygens (including phenoxy) is 2. The SMILES string of the molecule is COC(=O)CCc1ccc(OCC(C)N=CCc2ccccc2)cc1. The Hall–Kier alpha value is -2.62. The average Bonchev–Trinajstić information content (AvgIpc) is 2.66. The van der Waals surface area contributed by atoms with Crippen LogP contribution in [0.15, 0.2) is 59.6 Å². The van der Waals surface area contributed by atoms with Crippen LogP contribution in [0.3, 0.4) is 0 Å². The van der Waals surface area contributed by atoms with E-state index in [1.165, 1.54) is 12.7 Å². The van der Waals surface area contributed by atoms with E-state index < -0.39 is 0 Å². The fourth-order valence-electron chi connectivity index (χ4n) is 2.31. The highest BCUT2D eigenvalue weighted by molar-refractivity contribution is 5.69. The summed E-state index contributed by atoms with van der Waals surface area (Å²) in [6.45, 7) is 2.57. The van der Waals surface area contributed by atoms with Crippen molar-refractivity contribution in [3.05, 3.63) is 65.7 Å². The van der Waals surface area contributed by atoms with Gasteiger partial charge in [-0.3, -0.25) is 9.79 Å². The molecule has 0 spiro atoms. The maximum atomic E-state index is 11.1. The number of nitrogens with zero attached hydrogens (tertiary/aromatic N) is 1. The Morgan fingerprint density at radius 2 is 1.80 bits per heavy atom. The van der Waals surface area contributed by atoms with Crippen LogP contribution >= 0.6 is 0 Å². The van der Waals surface area contributed by atoms with Gasteiger partial charge in [-0.15, -0.1) is 0 Å². The van der Waals surface area contributed by atoms with Crippen molar-refractivity contribution in [3.8, 4) is 5.75 Å². The lowest BCUT2D eigenvalue weighted by molar-refractivity contribution is -0.140. The van der Waals surface area contributed by atoms with Crippen LogP contribution in [0.25, 0.3) is 0 Å². The molecule has 0 aromatic heterocycles. The van der Waals surface area contributed by atoms with Gasteiger partial charge in [-0.2, -0.15) is 0 Å². The quantitative estimate of drug-likeness (QED) is 0.515. The van der Waals surface area contributed by atoms with E-state index in [0.717, 1.165) is 17.7 Å². The molecule has 2 rings (SSSR count). The predicted octanol–water partition coefficient (Wildman–Crippen LogP) is 3.87. The van der Waals surface area contributed by atoms with Crippen molar-refractivity contribution in [2.24, 2.45) is 4.99 Å². The van der Waals surface area contributed by atoms with Crippen molar-refractivity contribution in [3.63, 3.8) is 0 Å². The molecule has 1 unspecified atom stereocenters. The Bertz CT molecular complexity index is 665. The lowest BCUT2D eigenvalue weighted by Gasteiger charge is -2.10. The summed E-state index contributed by atoms with van der Waals surface area (Å²) in [4.78, 5) is 15.7. The van der Waals surface area contributed by atoms with Gasteiger partial charge in [-0.25, -0.2) is 0 Å². The first-order valence-electron chi connectivity index (χ1n) is 8.51. The van der Waals surface area contributed by atoms with Crippen molar-refractivity contribution in [1.82, 2.24) is 0 Å². The molecular weight excluding hydrogens is 314 g/mol. The summed E-state index contributed by atoms with van der Waals surface area (Å²) in [7, 11) is 1.41. The second-order valence-corrected chi connectivity index (χ2v) is 5.90. The van der Waals surface area contributed by atoms with Gasteiger partial charge in [0.25, 0.3) is 0 Å². The molecule has 0 amide bonds. The van der Waals surface area contributed by atoms with Gasteiger partial charge in [0.1, 0.15) is 12.4 Å². The van der Waals surface area contributed by atoms with E-state index >= 15 is 0 Å². The van der Waals surface area contributed by atoms with Crippen LogP contribution in [0.5, 0.6) is 5.75 Å². The fourth-order valence-corrected chi connectivity index (χ4v) is 2.31. The monoisotopic (exact) mass is 339 g/mol. The normalized spacial score (nSPS) is 12.1. The van der Waals surface area contributed by atoms with E-state index in [4.69, 9.17) is 4.74 Å². The van der Waals surface area contributed by atoms with Crippen molar-refractivity contribution in [2.45, 2.75) is 32.2 Å². The number of benzene rings is 2. The van der Waals surface area contributed by atoms with Gasteiger partial charge in [-0.1, -0.05) is 42.5 Å². The number of hydrogen-bond acceptors (Lipinski definition) is 4. The van der Waals surface area contributed by atoms with Crippen molar-refractivity contribution in [1.29, 1.82) is 0 Å². The molecule has 0 radical (unpaired) electrons. The Morgan fingerprint density at radius 1 is 1.08 bits per heavy atom. The van der Waals surface area contributed by atoms with Gasteiger partial charge in [0.2, 0.25) is 0 Å². The number of methoxy groups -OCH3 is 1. The molecule has 2 aromatic rings. The van der Waals surface area contributed by atoms with Crippen LogP contribution in [-0.2, 0) is 22.4 Å². The largest absolute Gasteiger partial charge is 0.491 e. The minimum atomic E-state index is -0.192. The summed E-state index contributed by atoms with van der Waals surface area (Å²) in [5, 5.41) is 0. The molecule has 2 aromatic carbocycles. The maximum Gasteiger partial charge on any atom is 0.305 e. The Labute approximate surface area is 149 Å². The van der Waals surface area contributed by atoms with Crippen molar-refractivity contribution < 1.29 is 14.3 Å². The number of esters is 1. The van der Waals surface area contributed by atoms with E-state index in [1.807, 2.05) is 55.6 Å². The fraction of sp³-hybridized carbons (Fsp3) is 0.333. The Morgan fingerprint density at radius 3 is 2.48 bits per heavy atom. The highest BCUT2D eigenvalue weighted by atomic mass is 16.5. The highest BCUT2D eigenvalue weighted by Crippen LogP contribution is 2.14. The highest BCUT2D eigenvalue weighted by Gasteiger charge is 2.03. The van der Waals surface area contributed by atoms with Gasteiger partial charge in [0.05, 0.1) is 13.2 Å². The van der Waals surface area contributed by atoms with Gasteiger partial charge < -0.3 is 9.47 Å². The van der Waals surface area contributed by atoms with Gasteiger partial charge in [0.15, 0.2) is 0 Å². The second-order valence-electron chi connectivity index (χ2n) is 5.90. The number of aliphatic imine (C=N–C) groups is 1. The summed E-state index contributed by atoms with van der Waals surface area (Å²) < 4.78 is 10.4. The zero-order valence-electron chi connectivity index (χ0n) is 14.9. The Kier molecular flexibility index (Phi) is 7.70. The lowest BCUT2D eigenvalue weighted by Crippen LogP contribution is -2.12. The van der Waals surface area contributed by atoms with Crippen LogP contribution in [-0.4, -0.2) is 31.9 Å². The van der Waals surface area contributed by atoms with E-state index in [0.29, 0.717) is 19.4 Å². The summed E-state index contributed by atoms with van der Waals surface area (Å²) in [6, 6.07) is 18.2. The topological polar surface area (TPSA) is 47.9 Å². The number of carbonyl (C=O) groups is 1. The van der Waals surface area contributed by atoms with E-state index in [9.17, 15) is 4.79 Å². The maximum absolute atomic E-state index is 11.1. The molecule has 0 aliphatic rings.